The van der Waals surface area contributed by atoms with Crippen LogP contribution in [-0.2, 0) is 4.79 Å². The fourth-order valence-electron chi connectivity index (χ4n) is 1.90. The van der Waals surface area contributed by atoms with Gasteiger partial charge in [0.05, 0.1) is 3.92 Å². The van der Waals surface area contributed by atoms with E-state index in [4.69, 9.17) is 0 Å². The minimum absolute atomic E-state index is 0.0306. The van der Waals surface area contributed by atoms with Gasteiger partial charge in [0.2, 0.25) is 5.91 Å². The van der Waals surface area contributed by atoms with Crippen molar-refractivity contribution in [2.24, 2.45) is 0 Å². The zero-order valence-electron chi connectivity index (χ0n) is 9.71. The number of hydrogen-bond donors (Lipinski definition) is 0. The first kappa shape index (κ1) is 12.5. The molecule has 0 aromatic heterocycles. The van der Waals surface area contributed by atoms with Gasteiger partial charge in [-0.2, -0.15) is 0 Å². The van der Waals surface area contributed by atoms with Crippen molar-refractivity contribution in [3.05, 3.63) is 41.2 Å². The van der Waals surface area contributed by atoms with Crippen LogP contribution < -0.4 is 0 Å². The third kappa shape index (κ3) is 2.36. The zero-order valence-corrected chi connectivity index (χ0v) is 11.9. The predicted octanol–water partition coefficient (Wildman–Crippen LogP) is 3.14. The minimum atomic E-state index is -0.275. The molecule has 0 saturated carbocycles. The van der Waals surface area contributed by atoms with Gasteiger partial charge in [0.25, 0.3) is 0 Å². The molecule has 0 bridgehead atoms. The summed E-state index contributed by atoms with van der Waals surface area (Å²) in [6.45, 7) is 1.85. The molecule has 0 radical (unpaired) electrons. The van der Waals surface area contributed by atoms with Crippen LogP contribution in [0, 0.1) is 12.7 Å². The lowest BCUT2D eigenvalue weighted by Gasteiger charge is -2.28. The van der Waals surface area contributed by atoms with Crippen LogP contribution in [0.2, 0.25) is 0 Å². The number of carbonyl (C=O) groups excluding carboxylic acids is 1. The van der Waals surface area contributed by atoms with Crippen LogP contribution in [0.15, 0.2) is 24.3 Å². The summed E-state index contributed by atoms with van der Waals surface area (Å²) in [6.07, 6.45) is 2.58. The van der Waals surface area contributed by atoms with Crippen molar-refractivity contribution in [1.82, 2.24) is 4.90 Å². The number of rotatable bonds is 1. The predicted molar refractivity (Wildman–Crippen MR) is 74.3 cm³/mol. The smallest absolute Gasteiger partial charge is 0.240 e. The molecule has 1 aliphatic heterocycles. The van der Waals surface area contributed by atoms with Crippen LogP contribution in [0.25, 0.3) is 5.70 Å². The number of hydrogen-bond acceptors (Lipinski definition) is 1. The van der Waals surface area contributed by atoms with Crippen molar-refractivity contribution in [2.75, 3.05) is 7.05 Å². The van der Waals surface area contributed by atoms with Crippen LogP contribution >= 0.6 is 22.6 Å². The highest BCUT2D eigenvalue weighted by atomic mass is 127. The Morgan fingerprint density at radius 2 is 2.18 bits per heavy atom. The quantitative estimate of drug-likeness (QED) is 0.566. The Bertz CT molecular complexity index is 498. The van der Waals surface area contributed by atoms with Crippen LogP contribution in [0.5, 0.6) is 0 Å². The lowest BCUT2D eigenvalue weighted by Crippen LogP contribution is -2.35. The van der Waals surface area contributed by atoms with E-state index in [-0.39, 0.29) is 15.6 Å². The number of amides is 1. The van der Waals surface area contributed by atoms with Crippen LogP contribution in [0.1, 0.15) is 17.5 Å². The monoisotopic (exact) mass is 345 g/mol. The average Bonchev–Trinajstić information content (AvgIpc) is 2.28. The Morgan fingerprint density at radius 3 is 2.82 bits per heavy atom. The number of allylic oxidation sites excluding steroid dienone is 1. The highest BCUT2D eigenvalue weighted by molar-refractivity contribution is 14.1. The summed E-state index contributed by atoms with van der Waals surface area (Å²) in [5.41, 5.74) is 2.04. The maximum absolute atomic E-state index is 13.9. The van der Waals surface area contributed by atoms with E-state index >= 15 is 0 Å². The third-order valence-electron chi connectivity index (χ3n) is 2.88. The molecule has 1 atom stereocenters. The molecule has 0 spiro atoms. The summed E-state index contributed by atoms with van der Waals surface area (Å²) in [4.78, 5) is 13.4. The Hall–Kier alpha value is -0.910. The van der Waals surface area contributed by atoms with Crippen molar-refractivity contribution < 1.29 is 9.18 Å². The molecule has 0 N–H and O–H groups in total. The molecular formula is C13H13FINO. The Kier molecular flexibility index (Phi) is 3.51. The van der Waals surface area contributed by atoms with E-state index in [1.807, 2.05) is 19.1 Å². The van der Waals surface area contributed by atoms with E-state index in [9.17, 15) is 9.18 Å². The van der Waals surface area contributed by atoms with Crippen molar-refractivity contribution in [1.29, 1.82) is 0 Å². The van der Waals surface area contributed by atoms with E-state index in [0.717, 1.165) is 5.56 Å². The average molecular weight is 345 g/mol. The van der Waals surface area contributed by atoms with Crippen LogP contribution in [0.4, 0.5) is 4.39 Å². The normalized spacial score (nSPS) is 20.5. The van der Waals surface area contributed by atoms with Gasteiger partial charge in [-0.25, -0.2) is 4.39 Å². The van der Waals surface area contributed by atoms with Gasteiger partial charge in [0, 0.05) is 18.3 Å². The molecule has 2 rings (SSSR count). The summed E-state index contributed by atoms with van der Waals surface area (Å²) in [6, 6.07) is 5.08. The highest BCUT2D eigenvalue weighted by Crippen LogP contribution is 2.29. The van der Waals surface area contributed by atoms with Crippen LogP contribution in [0.3, 0.4) is 0 Å². The molecular weight excluding hydrogens is 332 g/mol. The molecule has 0 saturated heterocycles. The Labute approximate surface area is 114 Å². The molecule has 1 aromatic carbocycles. The van der Waals surface area contributed by atoms with Gasteiger partial charge in [0.15, 0.2) is 0 Å². The summed E-state index contributed by atoms with van der Waals surface area (Å²) >= 11 is 2.11. The number of aryl methyl sites for hydroxylation is 1. The molecule has 2 nitrogen and oxygen atoms in total. The first-order valence-electron chi connectivity index (χ1n) is 5.39. The molecule has 1 amide bonds. The first-order chi connectivity index (χ1) is 8.00. The van der Waals surface area contributed by atoms with Crippen molar-refractivity contribution in [2.45, 2.75) is 17.3 Å². The minimum Gasteiger partial charge on any atom is -0.314 e. The number of halogens is 2. The maximum atomic E-state index is 13.9. The van der Waals surface area contributed by atoms with Crippen molar-refractivity contribution in [3.63, 3.8) is 0 Å². The lowest BCUT2D eigenvalue weighted by atomic mass is 10.0. The van der Waals surface area contributed by atoms with Gasteiger partial charge in [-0.3, -0.25) is 4.79 Å². The zero-order chi connectivity index (χ0) is 12.6. The van der Waals surface area contributed by atoms with E-state index in [1.54, 1.807) is 13.1 Å². The summed E-state index contributed by atoms with van der Waals surface area (Å²) in [7, 11) is 1.69. The summed E-state index contributed by atoms with van der Waals surface area (Å²) in [5, 5.41) is 0. The molecule has 17 heavy (non-hydrogen) atoms. The third-order valence-corrected chi connectivity index (χ3v) is 3.92. The van der Waals surface area contributed by atoms with E-state index < -0.39 is 0 Å². The number of benzene rings is 1. The summed E-state index contributed by atoms with van der Waals surface area (Å²) < 4.78 is 13.8. The molecule has 1 aromatic rings. The Balaban J connectivity index is 2.43. The second kappa shape index (κ2) is 4.76. The molecule has 1 unspecified atom stereocenters. The molecule has 0 aliphatic carbocycles. The van der Waals surface area contributed by atoms with Gasteiger partial charge in [-0.15, -0.1) is 0 Å². The van der Waals surface area contributed by atoms with Crippen molar-refractivity contribution >= 4 is 34.2 Å². The maximum Gasteiger partial charge on any atom is 0.240 e. The molecule has 0 fully saturated rings. The largest absolute Gasteiger partial charge is 0.314 e. The van der Waals surface area contributed by atoms with Gasteiger partial charge >= 0.3 is 0 Å². The fraction of sp³-hybridized carbons (Fsp3) is 0.308. The fourth-order valence-corrected chi connectivity index (χ4v) is 2.57. The van der Waals surface area contributed by atoms with E-state index in [2.05, 4.69) is 22.6 Å². The van der Waals surface area contributed by atoms with Crippen molar-refractivity contribution in [3.8, 4) is 0 Å². The number of carbonyl (C=O) groups is 1. The second-order valence-electron chi connectivity index (χ2n) is 4.17. The molecule has 4 heteroatoms. The lowest BCUT2D eigenvalue weighted by molar-refractivity contribution is -0.126. The molecule has 1 aliphatic rings. The van der Waals surface area contributed by atoms with Gasteiger partial charge < -0.3 is 4.90 Å². The second-order valence-corrected chi connectivity index (χ2v) is 5.68. The number of alkyl halides is 1. The standard InChI is InChI=1S/C13H13FINO/c1-8-3-4-9(10(14)7-8)12-6-5-11(15)13(17)16(12)2/h3-4,6-7,11H,5H2,1-2H3. The molecule has 1 heterocycles. The number of nitrogens with zero attached hydrogens (tertiary/aromatic N) is 1. The Morgan fingerprint density at radius 1 is 1.47 bits per heavy atom. The highest BCUT2D eigenvalue weighted by Gasteiger charge is 2.27. The van der Waals surface area contributed by atoms with E-state index in [0.29, 0.717) is 17.7 Å². The van der Waals surface area contributed by atoms with Gasteiger partial charge in [0.1, 0.15) is 5.82 Å². The van der Waals surface area contributed by atoms with Crippen LogP contribution in [-0.4, -0.2) is 21.8 Å². The first-order valence-corrected chi connectivity index (χ1v) is 6.63. The molecule has 90 valence electrons. The van der Waals surface area contributed by atoms with E-state index in [1.165, 1.54) is 11.0 Å². The SMILES string of the molecule is Cc1ccc(C2=CCC(I)C(=O)N2C)c(F)c1. The van der Waals surface area contributed by atoms with Gasteiger partial charge in [-0.1, -0.05) is 34.7 Å². The topological polar surface area (TPSA) is 20.3 Å². The van der Waals surface area contributed by atoms with Gasteiger partial charge in [-0.05, 0) is 31.0 Å². The summed E-state index contributed by atoms with van der Waals surface area (Å²) in [5.74, 6) is -0.245.